The minimum Gasteiger partial charge on any atom is -0.478 e. The van der Waals surface area contributed by atoms with Gasteiger partial charge in [-0.25, -0.2) is 4.79 Å². The van der Waals surface area contributed by atoms with Gasteiger partial charge in [0.1, 0.15) is 5.75 Å². The van der Waals surface area contributed by atoms with Crippen LogP contribution in [0.1, 0.15) is 16.0 Å². The summed E-state index contributed by atoms with van der Waals surface area (Å²) >= 11 is 11.1. The highest BCUT2D eigenvalue weighted by Crippen LogP contribution is 2.51. The first-order valence-corrected chi connectivity index (χ1v) is 16.6. The predicted octanol–water partition coefficient (Wildman–Crippen LogP) is 11.1. The lowest BCUT2D eigenvalue weighted by Crippen LogP contribution is -2.29. The van der Waals surface area contributed by atoms with Crippen molar-refractivity contribution >= 4 is 81.8 Å². The average Bonchev–Trinajstić information content (AvgIpc) is 3.28. The molecule has 6 rings (SSSR count). The second-order valence-corrected chi connectivity index (χ2v) is 14.1. The molecule has 0 bridgehead atoms. The Balaban J connectivity index is 1.49. The van der Waals surface area contributed by atoms with Gasteiger partial charge < -0.3 is 9.84 Å². The van der Waals surface area contributed by atoms with Gasteiger partial charge in [0.2, 0.25) is 0 Å². The van der Waals surface area contributed by atoms with E-state index in [0.717, 1.165) is 16.7 Å². The van der Waals surface area contributed by atoms with E-state index in [1.165, 1.54) is 41.1 Å². The Morgan fingerprint density at radius 2 is 1.48 bits per heavy atom. The third kappa shape index (κ3) is 5.63. The van der Waals surface area contributed by atoms with Crippen LogP contribution >= 0.6 is 55.0 Å². The van der Waals surface area contributed by atoms with Gasteiger partial charge in [0.25, 0.3) is 0 Å². The maximum Gasteiger partial charge on any atom is 0.345 e. The second kappa shape index (κ2) is 12.3. The third-order valence-electron chi connectivity index (χ3n) is 7.33. The van der Waals surface area contributed by atoms with E-state index in [-0.39, 0.29) is 6.42 Å². The van der Waals surface area contributed by atoms with Crippen LogP contribution in [0, 0.1) is 13.8 Å². The van der Waals surface area contributed by atoms with E-state index in [1.807, 2.05) is 71.6 Å². The number of fused-ring (bicyclic) bond motifs is 2. The number of ether oxygens (including phenoxy) is 1. The summed E-state index contributed by atoms with van der Waals surface area (Å²) < 4.78 is 8.78. The number of carboxylic acid groups (broad SMARTS) is 1. The number of hydrogen-bond acceptors (Lipinski definition) is 4. The maximum absolute atomic E-state index is 12.2. The van der Waals surface area contributed by atoms with Gasteiger partial charge in [0.15, 0.2) is 6.10 Å². The number of carbonyl (C=O) groups is 1. The molecule has 0 aliphatic heterocycles. The fourth-order valence-electron chi connectivity index (χ4n) is 5.22. The topological polar surface area (TPSA) is 46.5 Å². The summed E-state index contributed by atoms with van der Waals surface area (Å²) in [5.41, 5.74) is 4.35. The molecule has 1 aromatic heterocycles. The number of hydrogen-bond donors (Lipinski definition) is 1. The van der Waals surface area contributed by atoms with Gasteiger partial charge in [0, 0.05) is 26.5 Å². The number of aryl methyl sites for hydroxylation is 2. The highest BCUT2D eigenvalue weighted by molar-refractivity contribution is 9.11. The minimum atomic E-state index is -1.03. The van der Waals surface area contributed by atoms with E-state index >= 15 is 0 Å². The first-order valence-electron chi connectivity index (χ1n) is 13.4. The average molecular weight is 719 g/mol. The highest BCUT2D eigenvalue weighted by atomic mass is 79.9. The van der Waals surface area contributed by atoms with Crippen molar-refractivity contribution in [3.8, 4) is 16.9 Å². The molecular formula is C35H26Br2O3S2. The molecule has 1 N–H and O–H groups in total. The van der Waals surface area contributed by atoms with Crippen molar-refractivity contribution in [2.24, 2.45) is 0 Å². The van der Waals surface area contributed by atoms with E-state index in [1.54, 1.807) is 0 Å². The Kier molecular flexibility index (Phi) is 8.46. The van der Waals surface area contributed by atoms with Crippen LogP contribution < -0.4 is 4.74 Å². The van der Waals surface area contributed by atoms with Crippen molar-refractivity contribution in [2.75, 3.05) is 0 Å². The lowest BCUT2D eigenvalue weighted by Gasteiger charge is -2.20. The Morgan fingerprint density at radius 3 is 2.12 bits per heavy atom. The quantitative estimate of drug-likeness (QED) is 0.170. The summed E-state index contributed by atoms with van der Waals surface area (Å²) in [6, 6.07) is 32.7. The predicted molar refractivity (Wildman–Crippen MR) is 182 cm³/mol. The van der Waals surface area contributed by atoms with Gasteiger partial charge in [-0.15, -0.1) is 11.3 Å². The van der Waals surface area contributed by atoms with Gasteiger partial charge >= 0.3 is 5.97 Å². The summed E-state index contributed by atoms with van der Waals surface area (Å²) in [6.07, 6.45) is -0.773. The Labute approximate surface area is 269 Å². The summed E-state index contributed by atoms with van der Waals surface area (Å²) in [5, 5.41) is 13.6. The van der Waals surface area contributed by atoms with Crippen LogP contribution in [-0.4, -0.2) is 17.2 Å². The van der Waals surface area contributed by atoms with Gasteiger partial charge in [-0.05, 0) is 103 Å². The third-order valence-corrected chi connectivity index (χ3v) is 11.0. The molecule has 1 heterocycles. The van der Waals surface area contributed by atoms with Crippen LogP contribution in [0.25, 0.3) is 32.0 Å². The summed E-state index contributed by atoms with van der Waals surface area (Å²) in [6.45, 7) is 4.39. The molecule has 6 aromatic rings. The zero-order valence-corrected chi connectivity index (χ0v) is 27.7. The summed E-state index contributed by atoms with van der Waals surface area (Å²) in [7, 11) is 0. The van der Waals surface area contributed by atoms with Crippen LogP contribution in [0.2, 0.25) is 0 Å². The van der Waals surface area contributed by atoms with E-state index in [0.29, 0.717) is 14.7 Å². The van der Waals surface area contributed by atoms with Crippen molar-refractivity contribution in [1.29, 1.82) is 0 Å². The lowest BCUT2D eigenvalue weighted by atomic mass is 9.93. The molecule has 0 unspecified atom stereocenters. The molecule has 0 fully saturated rings. The molecule has 0 saturated heterocycles. The monoisotopic (exact) mass is 716 g/mol. The zero-order chi connectivity index (χ0) is 29.4. The molecule has 7 heteroatoms. The zero-order valence-electron chi connectivity index (χ0n) is 22.9. The Morgan fingerprint density at radius 1 is 0.881 bits per heavy atom. The number of thiophene rings is 1. The number of halogens is 2. The molecular weight excluding hydrogens is 692 g/mol. The van der Waals surface area contributed by atoms with Crippen LogP contribution in [0.5, 0.6) is 5.75 Å². The normalized spacial score (nSPS) is 12.1. The van der Waals surface area contributed by atoms with E-state index in [2.05, 4.69) is 94.2 Å². The van der Waals surface area contributed by atoms with Crippen LogP contribution in [0.4, 0.5) is 0 Å². The smallest absolute Gasteiger partial charge is 0.345 e. The molecule has 0 radical (unpaired) electrons. The largest absolute Gasteiger partial charge is 0.478 e. The van der Waals surface area contributed by atoms with Crippen molar-refractivity contribution in [3.63, 3.8) is 0 Å². The fraction of sp³-hybridized carbons (Fsp3) is 0.114. The van der Waals surface area contributed by atoms with Gasteiger partial charge in [-0.1, -0.05) is 84.6 Å². The SMILES string of the molecule is Cc1sc2c(Sc3ccccc3)c3ccccc3c(-c3cc(Br)c(O[C@H](Cc4ccccc4)C(=O)O)c(Br)c3)c2c1C. The van der Waals surface area contributed by atoms with Crippen molar-refractivity contribution in [3.05, 3.63) is 122 Å². The van der Waals surface area contributed by atoms with Crippen molar-refractivity contribution < 1.29 is 14.6 Å². The maximum atomic E-state index is 12.2. The van der Waals surface area contributed by atoms with Crippen molar-refractivity contribution in [2.45, 2.75) is 36.2 Å². The van der Waals surface area contributed by atoms with E-state index < -0.39 is 12.1 Å². The number of aliphatic carboxylic acids is 1. The first kappa shape index (κ1) is 29.0. The second-order valence-electron chi connectivity index (χ2n) is 10.1. The summed E-state index contributed by atoms with van der Waals surface area (Å²) in [4.78, 5) is 15.9. The summed E-state index contributed by atoms with van der Waals surface area (Å²) in [5.74, 6) is -0.539. The molecule has 1 atom stereocenters. The van der Waals surface area contributed by atoms with Gasteiger partial charge in [-0.3, -0.25) is 0 Å². The number of rotatable bonds is 8. The fourth-order valence-corrected chi connectivity index (χ4v) is 8.97. The molecule has 0 aliphatic rings. The van der Waals surface area contributed by atoms with E-state index in [9.17, 15) is 9.90 Å². The Hall–Kier alpha value is -3.10. The van der Waals surface area contributed by atoms with Gasteiger partial charge in [-0.2, -0.15) is 0 Å². The lowest BCUT2D eigenvalue weighted by molar-refractivity contribution is -0.145. The first-order chi connectivity index (χ1) is 20.3. The van der Waals surface area contributed by atoms with E-state index in [4.69, 9.17) is 4.74 Å². The van der Waals surface area contributed by atoms with Crippen molar-refractivity contribution in [1.82, 2.24) is 0 Å². The highest BCUT2D eigenvalue weighted by Gasteiger charge is 2.25. The van der Waals surface area contributed by atoms with Gasteiger partial charge in [0.05, 0.1) is 13.6 Å². The molecule has 3 nitrogen and oxygen atoms in total. The minimum absolute atomic E-state index is 0.260. The molecule has 5 aromatic carbocycles. The molecule has 0 aliphatic carbocycles. The molecule has 42 heavy (non-hydrogen) atoms. The van der Waals surface area contributed by atoms with Crippen LogP contribution in [0.3, 0.4) is 0 Å². The molecule has 210 valence electrons. The van der Waals surface area contributed by atoms with Crippen LogP contribution in [0.15, 0.2) is 116 Å². The standard InChI is InChI=1S/C35H26Br2O3S2/c1-20-21(2)41-34-30(20)31(25-15-9-10-16-26(25)33(34)42-24-13-7-4-8-14-24)23-18-27(36)32(28(37)19-23)40-29(35(38)39)17-22-11-5-3-6-12-22/h3-16,18-19,29H,17H2,1-2H3,(H,38,39)/t29-/m1/s1. The van der Waals surface area contributed by atoms with Crippen LogP contribution in [-0.2, 0) is 11.2 Å². The number of carboxylic acids is 1. The molecule has 0 saturated carbocycles. The molecule has 0 spiro atoms. The molecule has 0 amide bonds. The Bertz CT molecular complexity index is 1910. The number of benzene rings is 5.